The molecule has 0 radical (unpaired) electrons. The van der Waals surface area contributed by atoms with Gasteiger partial charge in [0.15, 0.2) is 6.61 Å². The minimum Gasteiger partial charge on any atom is -0.484 e. The van der Waals surface area contributed by atoms with E-state index >= 15 is 0 Å². The Morgan fingerprint density at radius 2 is 1.91 bits per heavy atom. The highest BCUT2D eigenvalue weighted by atomic mass is 16.6. The summed E-state index contributed by atoms with van der Waals surface area (Å²) in [6, 6.07) is 11.5. The lowest BCUT2D eigenvalue weighted by molar-refractivity contribution is -0.384. The van der Waals surface area contributed by atoms with E-state index in [1.54, 1.807) is 0 Å². The number of carbonyl (C=O) groups excluding carboxylic acids is 1. The van der Waals surface area contributed by atoms with Crippen molar-refractivity contribution in [2.75, 3.05) is 11.9 Å². The summed E-state index contributed by atoms with van der Waals surface area (Å²) in [5.41, 5.74) is 2.85. The van der Waals surface area contributed by atoms with Crippen molar-refractivity contribution in [1.29, 1.82) is 0 Å². The number of para-hydroxylation sites is 1. The van der Waals surface area contributed by atoms with E-state index < -0.39 is 4.92 Å². The molecule has 2 aromatic rings. The molecular weight excluding hydrogens is 296 g/mol. The first kappa shape index (κ1) is 16.5. The van der Waals surface area contributed by atoms with Crippen LogP contribution in [0.2, 0.25) is 0 Å². The topological polar surface area (TPSA) is 81.5 Å². The van der Waals surface area contributed by atoms with E-state index in [1.807, 2.05) is 32.0 Å². The zero-order valence-electron chi connectivity index (χ0n) is 13.0. The molecule has 0 spiro atoms. The largest absolute Gasteiger partial charge is 0.484 e. The first-order valence-corrected chi connectivity index (χ1v) is 7.27. The van der Waals surface area contributed by atoms with Crippen LogP contribution in [0.1, 0.15) is 18.1 Å². The smallest absolute Gasteiger partial charge is 0.269 e. The molecule has 0 saturated carbocycles. The third-order valence-electron chi connectivity index (χ3n) is 3.42. The molecule has 0 heterocycles. The lowest BCUT2D eigenvalue weighted by Gasteiger charge is -2.13. The van der Waals surface area contributed by atoms with E-state index in [4.69, 9.17) is 4.74 Å². The van der Waals surface area contributed by atoms with Gasteiger partial charge in [-0.2, -0.15) is 0 Å². The molecule has 0 aliphatic rings. The molecular formula is C17H18N2O4. The number of benzene rings is 2. The van der Waals surface area contributed by atoms with Crippen LogP contribution in [0.5, 0.6) is 5.75 Å². The molecule has 0 fully saturated rings. The molecule has 1 N–H and O–H groups in total. The van der Waals surface area contributed by atoms with Gasteiger partial charge in [0.1, 0.15) is 5.75 Å². The molecule has 2 rings (SSSR count). The van der Waals surface area contributed by atoms with E-state index in [-0.39, 0.29) is 18.2 Å². The van der Waals surface area contributed by atoms with Gasteiger partial charge in [-0.25, -0.2) is 0 Å². The Hall–Kier alpha value is -2.89. The third-order valence-corrected chi connectivity index (χ3v) is 3.42. The minimum absolute atomic E-state index is 0.0192. The van der Waals surface area contributed by atoms with Crippen LogP contribution in [-0.2, 0) is 11.2 Å². The van der Waals surface area contributed by atoms with Crippen molar-refractivity contribution in [2.24, 2.45) is 0 Å². The van der Waals surface area contributed by atoms with Crippen molar-refractivity contribution < 1.29 is 14.5 Å². The summed E-state index contributed by atoms with van der Waals surface area (Å²) < 4.78 is 5.35. The zero-order chi connectivity index (χ0) is 16.8. The Morgan fingerprint density at radius 3 is 2.52 bits per heavy atom. The van der Waals surface area contributed by atoms with Gasteiger partial charge in [-0.15, -0.1) is 0 Å². The zero-order valence-corrected chi connectivity index (χ0v) is 13.0. The van der Waals surface area contributed by atoms with E-state index in [1.165, 1.54) is 24.3 Å². The van der Waals surface area contributed by atoms with Gasteiger partial charge >= 0.3 is 0 Å². The van der Waals surface area contributed by atoms with E-state index in [0.29, 0.717) is 5.75 Å². The number of hydrogen-bond acceptors (Lipinski definition) is 4. The first-order chi connectivity index (χ1) is 11.0. The van der Waals surface area contributed by atoms with E-state index in [0.717, 1.165) is 23.2 Å². The molecule has 6 nitrogen and oxygen atoms in total. The second kappa shape index (κ2) is 7.40. The van der Waals surface area contributed by atoms with Gasteiger partial charge in [0, 0.05) is 17.8 Å². The Kier molecular flexibility index (Phi) is 5.30. The van der Waals surface area contributed by atoms with Gasteiger partial charge in [-0.05, 0) is 36.6 Å². The van der Waals surface area contributed by atoms with Crippen molar-refractivity contribution in [1.82, 2.24) is 0 Å². The maximum Gasteiger partial charge on any atom is 0.269 e. The molecule has 0 bridgehead atoms. The second-order valence-electron chi connectivity index (χ2n) is 5.05. The summed E-state index contributed by atoms with van der Waals surface area (Å²) in [5, 5.41) is 13.4. The Morgan fingerprint density at radius 1 is 1.22 bits per heavy atom. The predicted octanol–water partition coefficient (Wildman–Crippen LogP) is 3.48. The average molecular weight is 314 g/mol. The van der Waals surface area contributed by atoms with Gasteiger partial charge in [-0.1, -0.05) is 25.1 Å². The van der Waals surface area contributed by atoms with Gasteiger partial charge in [-0.3, -0.25) is 14.9 Å². The third kappa shape index (κ3) is 4.29. The van der Waals surface area contributed by atoms with Crippen molar-refractivity contribution in [3.05, 3.63) is 63.7 Å². The molecule has 0 unspecified atom stereocenters. The SMILES string of the molecule is CCc1cccc(C)c1NC(=O)COc1ccc([N+](=O)[O-])cc1. The molecule has 2 aromatic carbocycles. The van der Waals surface area contributed by atoms with Crippen LogP contribution in [0.3, 0.4) is 0 Å². The molecule has 0 aromatic heterocycles. The van der Waals surface area contributed by atoms with E-state index in [9.17, 15) is 14.9 Å². The number of nitrogens with zero attached hydrogens (tertiary/aromatic N) is 1. The molecule has 6 heteroatoms. The van der Waals surface area contributed by atoms with Gasteiger partial charge in [0.05, 0.1) is 4.92 Å². The van der Waals surface area contributed by atoms with Crippen LogP contribution in [0.25, 0.3) is 0 Å². The number of rotatable bonds is 6. The minimum atomic E-state index is -0.485. The van der Waals surface area contributed by atoms with Crippen molar-refractivity contribution in [3.63, 3.8) is 0 Å². The average Bonchev–Trinajstić information content (AvgIpc) is 2.55. The lowest BCUT2D eigenvalue weighted by Crippen LogP contribution is -2.21. The van der Waals surface area contributed by atoms with Crippen molar-refractivity contribution in [3.8, 4) is 5.75 Å². The summed E-state index contributed by atoms with van der Waals surface area (Å²) in [6.45, 7) is 3.80. The van der Waals surface area contributed by atoms with Crippen LogP contribution in [-0.4, -0.2) is 17.4 Å². The monoisotopic (exact) mass is 314 g/mol. The fourth-order valence-corrected chi connectivity index (χ4v) is 2.19. The molecule has 0 saturated heterocycles. The number of carbonyl (C=O) groups is 1. The number of nitro groups is 1. The van der Waals surface area contributed by atoms with Crippen LogP contribution >= 0.6 is 0 Å². The van der Waals surface area contributed by atoms with Crippen molar-refractivity contribution >= 4 is 17.3 Å². The van der Waals surface area contributed by atoms with Crippen LogP contribution < -0.4 is 10.1 Å². The number of ether oxygens (including phenoxy) is 1. The van der Waals surface area contributed by atoms with Crippen LogP contribution in [0.15, 0.2) is 42.5 Å². The maximum absolute atomic E-state index is 12.0. The lowest BCUT2D eigenvalue weighted by atomic mass is 10.1. The number of anilines is 1. The molecule has 23 heavy (non-hydrogen) atoms. The normalized spacial score (nSPS) is 10.2. The number of nitrogens with one attached hydrogen (secondary N) is 1. The standard InChI is InChI=1S/C17H18N2O4/c1-3-13-6-4-5-12(2)17(13)18-16(20)11-23-15-9-7-14(8-10-15)19(21)22/h4-10H,3,11H2,1-2H3,(H,18,20). The van der Waals surface area contributed by atoms with E-state index in [2.05, 4.69) is 5.32 Å². The molecule has 0 aliphatic carbocycles. The Balaban J connectivity index is 1.97. The number of amides is 1. The van der Waals surface area contributed by atoms with Crippen LogP contribution in [0.4, 0.5) is 11.4 Å². The summed E-state index contributed by atoms with van der Waals surface area (Å²) in [4.78, 5) is 22.1. The first-order valence-electron chi connectivity index (χ1n) is 7.27. The second-order valence-corrected chi connectivity index (χ2v) is 5.05. The number of nitro benzene ring substituents is 1. The summed E-state index contributed by atoms with van der Waals surface area (Å²) in [5.74, 6) is 0.138. The van der Waals surface area contributed by atoms with Gasteiger partial charge in [0.25, 0.3) is 11.6 Å². The van der Waals surface area contributed by atoms with Crippen LogP contribution in [0, 0.1) is 17.0 Å². The fraction of sp³-hybridized carbons (Fsp3) is 0.235. The molecule has 120 valence electrons. The predicted molar refractivity (Wildman–Crippen MR) is 87.8 cm³/mol. The van der Waals surface area contributed by atoms with Gasteiger partial charge in [0.2, 0.25) is 0 Å². The number of non-ortho nitro benzene ring substituents is 1. The fourth-order valence-electron chi connectivity index (χ4n) is 2.19. The Labute approximate surface area is 134 Å². The molecule has 0 aliphatic heterocycles. The summed E-state index contributed by atoms with van der Waals surface area (Å²) >= 11 is 0. The quantitative estimate of drug-likeness (QED) is 0.653. The molecule has 0 atom stereocenters. The summed E-state index contributed by atoms with van der Waals surface area (Å²) in [7, 11) is 0. The Bertz CT molecular complexity index is 711. The number of aryl methyl sites for hydroxylation is 2. The van der Waals surface area contributed by atoms with Crippen molar-refractivity contribution in [2.45, 2.75) is 20.3 Å². The number of hydrogen-bond donors (Lipinski definition) is 1. The highest BCUT2D eigenvalue weighted by Crippen LogP contribution is 2.21. The highest BCUT2D eigenvalue weighted by molar-refractivity contribution is 5.93. The highest BCUT2D eigenvalue weighted by Gasteiger charge is 2.10. The summed E-state index contributed by atoms with van der Waals surface area (Å²) in [6.07, 6.45) is 0.820. The maximum atomic E-state index is 12.0. The van der Waals surface area contributed by atoms with Gasteiger partial charge < -0.3 is 10.1 Å². The molecule has 1 amide bonds.